The van der Waals surface area contributed by atoms with E-state index in [2.05, 4.69) is 15.5 Å². The Bertz CT molecular complexity index is 706. The van der Waals surface area contributed by atoms with Crippen molar-refractivity contribution in [1.82, 2.24) is 14.8 Å². The maximum absolute atomic E-state index is 6.14. The first-order valence-electron chi connectivity index (χ1n) is 7.39. The van der Waals surface area contributed by atoms with Gasteiger partial charge in [-0.25, -0.2) is 0 Å². The molecule has 1 atom stereocenters. The van der Waals surface area contributed by atoms with Crippen LogP contribution in [0.25, 0.3) is 0 Å². The van der Waals surface area contributed by atoms with Gasteiger partial charge in [-0.1, -0.05) is 17.7 Å². The molecule has 3 rings (SSSR count). The molecule has 1 aromatic carbocycles. The zero-order valence-electron chi connectivity index (χ0n) is 12.4. The van der Waals surface area contributed by atoms with Crippen LogP contribution in [0.1, 0.15) is 24.2 Å². The van der Waals surface area contributed by atoms with E-state index in [1.165, 1.54) is 0 Å². The third-order valence-electron chi connectivity index (χ3n) is 3.87. The lowest BCUT2D eigenvalue weighted by molar-refractivity contribution is 0.0959. The normalized spacial score (nSPS) is 17.8. The number of benzene rings is 1. The van der Waals surface area contributed by atoms with Crippen molar-refractivity contribution in [3.8, 4) is 0 Å². The number of hydrogen-bond acceptors (Lipinski definition) is 4. The van der Waals surface area contributed by atoms with Crippen molar-refractivity contribution in [2.24, 2.45) is 0 Å². The van der Waals surface area contributed by atoms with E-state index in [0.29, 0.717) is 11.3 Å². The number of H-pyrrole nitrogens is 1. The summed E-state index contributed by atoms with van der Waals surface area (Å²) >= 11 is 11.5. The molecule has 0 spiro atoms. The van der Waals surface area contributed by atoms with Crippen molar-refractivity contribution in [2.75, 3.05) is 11.9 Å². The first-order chi connectivity index (χ1) is 10.6. The second kappa shape index (κ2) is 6.81. The Hall–Kier alpha value is -1.37. The summed E-state index contributed by atoms with van der Waals surface area (Å²) in [6, 6.07) is 5.92. The Balaban J connectivity index is 1.69. The molecule has 7 heteroatoms. The first kappa shape index (κ1) is 15.5. The van der Waals surface area contributed by atoms with Crippen LogP contribution in [0.2, 0.25) is 5.02 Å². The summed E-state index contributed by atoms with van der Waals surface area (Å²) in [5.74, 6) is 0.872. The van der Waals surface area contributed by atoms with Crippen molar-refractivity contribution in [1.29, 1.82) is 0 Å². The lowest BCUT2D eigenvalue weighted by atomic mass is 10.2. The minimum atomic E-state index is 0.233. The summed E-state index contributed by atoms with van der Waals surface area (Å²) < 4.78 is 8.32. The van der Waals surface area contributed by atoms with Crippen molar-refractivity contribution in [2.45, 2.75) is 39.0 Å². The van der Waals surface area contributed by atoms with Crippen LogP contribution in [-0.2, 0) is 17.8 Å². The Morgan fingerprint density at radius 2 is 2.41 bits per heavy atom. The fourth-order valence-corrected chi connectivity index (χ4v) is 2.96. The summed E-state index contributed by atoms with van der Waals surface area (Å²) in [4.78, 5) is 0. The largest absolute Gasteiger partial charge is 0.378 e. The molecule has 2 N–H and O–H groups in total. The molecule has 1 aromatic heterocycles. The number of nitrogens with one attached hydrogen (secondary N) is 2. The van der Waals surface area contributed by atoms with Crippen LogP contribution in [0.4, 0.5) is 5.69 Å². The van der Waals surface area contributed by atoms with Gasteiger partial charge >= 0.3 is 0 Å². The van der Waals surface area contributed by atoms with E-state index in [-0.39, 0.29) is 6.10 Å². The molecule has 0 radical (unpaired) electrons. The van der Waals surface area contributed by atoms with Crippen LogP contribution in [0.15, 0.2) is 18.2 Å². The minimum absolute atomic E-state index is 0.233. The Morgan fingerprint density at radius 1 is 1.55 bits per heavy atom. The molecule has 0 unspecified atom stereocenters. The van der Waals surface area contributed by atoms with Crippen molar-refractivity contribution in [3.05, 3.63) is 39.4 Å². The lowest BCUT2D eigenvalue weighted by Crippen LogP contribution is -2.18. The zero-order valence-corrected chi connectivity index (χ0v) is 14.0. The van der Waals surface area contributed by atoms with Crippen LogP contribution in [0.5, 0.6) is 0 Å². The molecule has 22 heavy (non-hydrogen) atoms. The number of nitrogens with zero attached hydrogens (tertiary/aromatic N) is 2. The monoisotopic (exact) mass is 338 g/mol. The van der Waals surface area contributed by atoms with E-state index in [0.717, 1.165) is 48.1 Å². The van der Waals surface area contributed by atoms with Crippen molar-refractivity contribution in [3.63, 3.8) is 0 Å². The average molecular weight is 339 g/mol. The average Bonchev–Trinajstić information content (AvgIpc) is 3.13. The van der Waals surface area contributed by atoms with E-state index >= 15 is 0 Å². The zero-order chi connectivity index (χ0) is 15.5. The molecular weight excluding hydrogens is 320 g/mol. The number of ether oxygens (including phenoxy) is 1. The molecule has 118 valence electrons. The van der Waals surface area contributed by atoms with Crippen molar-refractivity contribution < 1.29 is 4.74 Å². The van der Waals surface area contributed by atoms with Crippen LogP contribution < -0.4 is 5.32 Å². The second-order valence-electron chi connectivity index (χ2n) is 5.51. The van der Waals surface area contributed by atoms with Gasteiger partial charge in [0.2, 0.25) is 0 Å². The number of halogens is 1. The van der Waals surface area contributed by atoms with E-state index in [4.69, 9.17) is 28.6 Å². The Labute approximate surface area is 139 Å². The number of rotatable bonds is 5. The Kier molecular flexibility index (Phi) is 4.81. The third-order valence-corrected chi connectivity index (χ3v) is 4.59. The quantitative estimate of drug-likeness (QED) is 0.816. The molecule has 1 fully saturated rings. The van der Waals surface area contributed by atoms with Crippen LogP contribution in [0, 0.1) is 11.7 Å². The highest BCUT2D eigenvalue weighted by atomic mass is 35.5. The molecule has 1 aliphatic rings. The van der Waals surface area contributed by atoms with Gasteiger partial charge in [0.15, 0.2) is 10.6 Å². The first-order valence-corrected chi connectivity index (χ1v) is 8.18. The van der Waals surface area contributed by atoms with E-state index in [9.17, 15) is 0 Å². The molecule has 2 heterocycles. The number of aromatic amines is 1. The molecular formula is C15H19ClN4OS. The van der Waals surface area contributed by atoms with Gasteiger partial charge in [0.05, 0.1) is 19.2 Å². The van der Waals surface area contributed by atoms with Gasteiger partial charge in [0.25, 0.3) is 0 Å². The predicted molar refractivity (Wildman–Crippen MR) is 89.9 cm³/mol. The Morgan fingerprint density at radius 3 is 3.14 bits per heavy atom. The predicted octanol–water partition coefficient (Wildman–Crippen LogP) is 3.69. The standard InChI is InChI=1S/C15H19ClN4OS/c1-10-4-5-11(7-13(10)16)17-8-14-18-19-15(22)20(14)9-12-3-2-6-21-12/h4-5,7,12,17H,2-3,6,8-9H2,1H3,(H,19,22)/t12-/m1/s1. The molecule has 2 aromatic rings. The lowest BCUT2D eigenvalue weighted by Gasteiger charge is -2.13. The van der Waals surface area contributed by atoms with Gasteiger partial charge in [-0.15, -0.1) is 0 Å². The number of hydrogen-bond donors (Lipinski definition) is 2. The topological polar surface area (TPSA) is 54.9 Å². The van der Waals surface area contributed by atoms with Crippen LogP contribution in [0.3, 0.4) is 0 Å². The van der Waals surface area contributed by atoms with Crippen molar-refractivity contribution >= 4 is 29.5 Å². The van der Waals surface area contributed by atoms with Gasteiger partial charge in [-0.3, -0.25) is 5.10 Å². The minimum Gasteiger partial charge on any atom is -0.378 e. The summed E-state index contributed by atoms with van der Waals surface area (Å²) in [5, 5.41) is 11.3. The SMILES string of the molecule is Cc1ccc(NCc2n[nH]c(=S)n2C[C@H]2CCCO2)cc1Cl. The summed E-state index contributed by atoms with van der Waals surface area (Å²) in [6.45, 7) is 4.16. The fourth-order valence-electron chi connectivity index (χ4n) is 2.55. The van der Waals surface area contributed by atoms with Gasteiger partial charge in [0.1, 0.15) is 0 Å². The fraction of sp³-hybridized carbons (Fsp3) is 0.467. The highest BCUT2D eigenvalue weighted by molar-refractivity contribution is 7.71. The van der Waals surface area contributed by atoms with Crippen LogP contribution in [-0.4, -0.2) is 27.5 Å². The van der Waals surface area contributed by atoms with E-state index in [1.54, 1.807) is 0 Å². The maximum Gasteiger partial charge on any atom is 0.195 e. The highest BCUT2D eigenvalue weighted by Gasteiger charge is 2.18. The molecule has 0 aliphatic carbocycles. The van der Waals surface area contributed by atoms with E-state index in [1.807, 2.05) is 29.7 Å². The van der Waals surface area contributed by atoms with Gasteiger partial charge in [0, 0.05) is 17.3 Å². The van der Waals surface area contributed by atoms with Gasteiger partial charge in [-0.05, 0) is 49.7 Å². The third kappa shape index (κ3) is 3.51. The second-order valence-corrected chi connectivity index (χ2v) is 6.30. The maximum atomic E-state index is 6.14. The number of aromatic nitrogens is 3. The molecule has 0 bridgehead atoms. The van der Waals surface area contributed by atoms with Gasteiger partial charge in [-0.2, -0.15) is 5.10 Å². The summed E-state index contributed by atoms with van der Waals surface area (Å²) in [5.41, 5.74) is 2.03. The van der Waals surface area contributed by atoms with Crippen LogP contribution >= 0.6 is 23.8 Å². The molecule has 5 nitrogen and oxygen atoms in total. The summed E-state index contributed by atoms with van der Waals surface area (Å²) in [6.07, 6.45) is 2.43. The molecule has 1 aliphatic heterocycles. The highest BCUT2D eigenvalue weighted by Crippen LogP contribution is 2.20. The molecule has 0 saturated carbocycles. The smallest absolute Gasteiger partial charge is 0.195 e. The van der Waals surface area contributed by atoms with E-state index < -0.39 is 0 Å². The summed E-state index contributed by atoms with van der Waals surface area (Å²) in [7, 11) is 0. The van der Waals surface area contributed by atoms with Gasteiger partial charge < -0.3 is 14.6 Å². The molecule has 0 amide bonds. The number of aryl methyl sites for hydroxylation is 1. The molecule has 1 saturated heterocycles. The number of anilines is 1.